The molecule has 0 saturated carbocycles. The van der Waals surface area contributed by atoms with Crippen molar-refractivity contribution in [2.24, 2.45) is 11.8 Å². The lowest BCUT2D eigenvalue weighted by atomic mass is 10.0. The number of hydrogen-bond acceptors (Lipinski definition) is 4. The number of anilines is 1. The first kappa shape index (κ1) is 17.8. The Morgan fingerprint density at radius 3 is 2.46 bits per heavy atom. The summed E-state index contributed by atoms with van der Waals surface area (Å²) < 4.78 is 5.09. The van der Waals surface area contributed by atoms with Gasteiger partial charge < -0.3 is 20.1 Å². The van der Waals surface area contributed by atoms with Crippen LogP contribution in [0.3, 0.4) is 0 Å². The van der Waals surface area contributed by atoms with Crippen molar-refractivity contribution in [2.75, 3.05) is 18.6 Å². The van der Waals surface area contributed by atoms with Gasteiger partial charge in [-0.05, 0) is 38.1 Å². The molecule has 1 aromatic carbocycles. The molecule has 24 heavy (non-hydrogen) atoms. The minimum absolute atomic E-state index is 0.117. The molecular weight excluding hydrogens is 312 g/mol. The van der Waals surface area contributed by atoms with Crippen LogP contribution in [-0.4, -0.2) is 42.6 Å². The predicted octanol–water partition coefficient (Wildman–Crippen LogP) is 1.27. The third-order valence-electron chi connectivity index (χ3n) is 4.39. The molecule has 0 radical (unpaired) electrons. The standard InChI is InChI=1S/C17H22N2O5/c1-10(17(22)23)11(2)18-16(21)12-8-15(20)19(9-12)13-4-6-14(24-3)7-5-13/h4-7,10-12H,8-9H2,1-3H3,(H,18,21)(H,22,23). The molecular formula is C17H22N2O5. The molecule has 7 heteroatoms. The van der Waals surface area contributed by atoms with Gasteiger partial charge in [0.2, 0.25) is 11.8 Å². The maximum atomic E-state index is 12.3. The molecule has 7 nitrogen and oxygen atoms in total. The summed E-state index contributed by atoms with van der Waals surface area (Å²) >= 11 is 0. The molecule has 0 spiro atoms. The van der Waals surface area contributed by atoms with Gasteiger partial charge in [0.25, 0.3) is 0 Å². The number of nitrogens with zero attached hydrogens (tertiary/aromatic N) is 1. The zero-order valence-electron chi connectivity index (χ0n) is 14.0. The number of hydrogen-bond donors (Lipinski definition) is 2. The second-order valence-corrected chi connectivity index (χ2v) is 6.03. The van der Waals surface area contributed by atoms with E-state index in [1.807, 2.05) is 0 Å². The van der Waals surface area contributed by atoms with Gasteiger partial charge in [0.15, 0.2) is 0 Å². The number of methoxy groups -OCH3 is 1. The number of carboxylic acid groups (broad SMARTS) is 1. The monoisotopic (exact) mass is 334 g/mol. The van der Waals surface area contributed by atoms with Crippen molar-refractivity contribution < 1.29 is 24.2 Å². The van der Waals surface area contributed by atoms with Crippen molar-refractivity contribution in [1.82, 2.24) is 5.32 Å². The maximum absolute atomic E-state index is 12.3. The van der Waals surface area contributed by atoms with Crippen LogP contribution in [0.1, 0.15) is 20.3 Å². The van der Waals surface area contributed by atoms with Crippen molar-refractivity contribution >= 4 is 23.5 Å². The number of amides is 2. The average molecular weight is 334 g/mol. The number of carbonyl (C=O) groups excluding carboxylic acids is 2. The molecule has 2 N–H and O–H groups in total. The summed E-state index contributed by atoms with van der Waals surface area (Å²) in [6.07, 6.45) is 0.117. The van der Waals surface area contributed by atoms with Crippen molar-refractivity contribution in [1.29, 1.82) is 0 Å². The average Bonchev–Trinajstić information content (AvgIpc) is 2.96. The molecule has 1 aliphatic rings. The van der Waals surface area contributed by atoms with Crippen LogP contribution in [0, 0.1) is 11.8 Å². The SMILES string of the molecule is COc1ccc(N2CC(C(=O)NC(C)C(C)C(=O)O)CC2=O)cc1. The highest BCUT2D eigenvalue weighted by atomic mass is 16.5. The summed E-state index contributed by atoms with van der Waals surface area (Å²) in [5.41, 5.74) is 0.711. The molecule has 3 unspecified atom stereocenters. The molecule has 2 amide bonds. The van der Waals surface area contributed by atoms with Crippen LogP contribution in [-0.2, 0) is 14.4 Å². The summed E-state index contributed by atoms with van der Waals surface area (Å²) in [7, 11) is 1.57. The molecule has 1 heterocycles. The van der Waals surface area contributed by atoms with Gasteiger partial charge in [0.05, 0.1) is 18.9 Å². The number of rotatable bonds is 6. The Bertz CT molecular complexity index is 628. The van der Waals surface area contributed by atoms with E-state index < -0.39 is 23.8 Å². The normalized spacial score (nSPS) is 19.7. The Labute approximate surface area is 140 Å². The minimum Gasteiger partial charge on any atom is -0.497 e. The minimum atomic E-state index is -0.967. The lowest BCUT2D eigenvalue weighted by molar-refractivity contribution is -0.142. The fraction of sp³-hybridized carbons (Fsp3) is 0.471. The van der Waals surface area contributed by atoms with Crippen molar-refractivity contribution in [3.05, 3.63) is 24.3 Å². The number of nitrogens with one attached hydrogen (secondary N) is 1. The number of ether oxygens (including phenoxy) is 1. The van der Waals surface area contributed by atoms with E-state index in [0.717, 1.165) is 0 Å². The Morgan fingerprint density at radius 2 is 1.92 bits per heavy atom. The van der Waals surface area contributed by atoms with E-state index in [1.165, 1.54) is 6.92 Å². The molecule has 0 bridgehead atoms. The summed E-state index contributed by atoms with van der Waals surface area (Å²) in [4.78, 5) is 37.0. The third kappa shape index (κ3) is 3.84. The van der Waals surface area contributed by atoms with E-state index in [2.05, 4.69) is 5.32 Å². The van der Waals surface area contributed by atoms with Crippen LogP contribution in [0.2, 0.25) is 0 Å². The highest BCUT2D eigenvalue weighted by molar-refractivity contribution is 6.00. The van der Waals surface area contributed by atoms with Crippen LogP contribution in [0.5, 0.6) is 5.75 Å². The van der Waals surface area contributed by atoms with Crippen LogP contribution in [0.15, 0.2) is 24.3 Å². The van der Waals surface area contributed by atoms with E-state index in [9.17, 15) is 14.4 Å². The number of benzene rings is 1. The first-order chi connectivity index (χ1) is 11.3. The van der Waals surface area contributed by atoms with Gasteiger partial charge in [0.1, 0.15) is 5.75 Å². The van der Waals surface area contributed by atoms with Crippen molar-refractivity contribution in [2.45, 2.75) is 26.3 Å². The summed E-state index contributed by atoms with van der Waals surface area (Å²) in [5, 5.41) is 11.7. The molecule has 0 aromatic heterocycles. The topological polar surface area (TPSA) is 95.9 Å². The zero-order valence-corrected chi connectivity index (χ0v) is 14.0. The largest absolute Gasteiger partial charge is 0.497 e. The lowest BCUT2D eigenvalue weighted by Crippen LogP contribution is -2.43. The molecule has 130 valence electrons. The Kier molecular flexibility index (Phi) is 5.43. The Balaban J connectivity index is 2.00. The molecule has 1 fully saturated rings. The lowest BCUT2D eigenvalue weighted by Gasteiger charge is -2.20. The first-order valence-corrected chi connectivity index (χ1v) is 7.81. The quantitative estimate of drug-likeness (QED) is 0.817. The number of aliphatic carboxylic acids is 1. The van der Waals surface area contributed by atoms with E-state index in [4.69, 9.17) is 9.84 Å². The fourth-order valence-electron chi connectivity index (χ4n) is 2.58. The van der Waals surface area contributed by atoms with Crippen LogP contribution in [0.4, 0.5) is 5.69 Å². The molecule has 0 aliphatic carbocycles. The highest BCUT2D eigenvalue weighted by Crippen LogP contribution is 2.27. The predicted molar refractivity (Wildman–Crippen MR) is 87.9 cm³/mol. The molecule has 1 aliphatic heterocycles. The van der Waals surface area contributed by atoms with Gasteiger partial charge in [0, 0.05) is 24.7 Å². The van der Waals surface area contributed by atoms with Gasteiger partial charge in [-0.1, -0.05) is 0 Å². The van der Waals surface area contributed by atoms with Crippen molar-refractivity contribution in [3.8, 4) is 5.75 Å². The maximum Gasteiger partial charge on any atom is 0.308 e. The molecule has 1 saturated heterocycles. The van der Waals surface area contributed by atoms with Gasteiger partial charge in [-0.3, -0.25) is 14.4 Å². The molecule has 3 atom stereocenters. The van der Waals surface area contributed by atoms with E-state index in [-0.39, 0.29) is 24.8 Å². The fourth-order valence-corrected chi connectivity index (χ4v) is 2.58. The molecule has 1 aromatic rings. The second kappa shape index (κ2) is 7.33. The summed E-state index contributed by atoms with van der Waals surface area (Å²) in [6.45, 7) is 3.47. The summed E-state index contributed by atoms with van der Waals surface area (Å²) in [5.74, 6) is -1.87. The van der Waals surface area contributed by atoms with Gasteiger partial charge in [-0.15, -0.1) is 0 Å². The van der Waals surface area contributed by atoms with Crippen LogP contribution in [0.25, 0.3) is 0 Å². The Morgan fingerprint density at radius 1 is 1.29 bits per heavy atom. The molecule has 2 rings (SSSR count). The third-order valence-corrected chi connectivity index (χ3v) is 4.39. The second-order valence-electron chi connectivity index (χ2n) is 6.03. The zero-order chi connectivity index (χ0) is 17.9. The van der Waals surface area contributed by atoms with Gasteiger partial charge in [-0.25, -0.2) is 0 Å². The number of carbonyl (C=O) groups is 3. The van der Waals surface area contributed by atoms with Crippen LogP contribution < -0.4 is 15.0 Å². The van der Waals surface area contributed by atoms with E-state index in [1.54, 1.807) is 43.2 Å². The first-order valence-electron chi connectivity index (χ1n) is 7.81. The van der Waals surface area contributed by atoms with Gasteiger partial charge in [-0.2, -0.15) is 0 Å². The van der Waals surface area contributed by atoms with E-state index in [0.29, 0.717) is 11.4 Å². The van der Waals surface area contributed by atoms with Gasteiger partial charge >= 0.3 is 5.97 Å². The van der Waals surface area contributed by atoms with E-state index >= 15 is 0 Å². The summed E-state index contributed by atoms with van der Waals surface area (Å²) in [6, 6.07) is 6.55. The van der Waals surface area contributed by atoms with Crippen molar-refractivity contribution in [3.63, 3.8) is 0 Å². The Hall–Kier alpha value is -2.57. The number of carboxylic acids is 1. The van der Waals surface area contributed by atoms with Crippen LogP contribution >= 0.6 is 0 Å². The smallest absolute Gasteiger partial charge is 0.308 e. The highest BCUT2D eigenvalue weighted by Gasteiger charge is 2.36.